The molecule has 5 rings (SSSR count). The van der Waals surface area contributed by atoms with Crippen LogP contribution in [0.4, 0.5) is 20.6 Å². The van der Waals surface area contributed by atoms with E-state index in [1.807, 2.05) is 41.0 Å². The van der Waals surface area contributed by atoms with Crippen molar-refractivity contribution in [2.24, 2.45) is 5.92 Å². The zero-order chi connectivity index (χ0) is 22.1. The molecule has 0 spiro atoms. The number of nitrogens with zero attached hydrogens (tertiary/aromatic N) is 2. The van der Waals surface area contributed by atoms with Crippen molar-refractivity contribution in [2.75, 3.05) is 23.7 Å². The standard InChI is InChI=1S/C25H25FN4O2/c26-20-8-6-17(7-9-20)13-29-14-18-12-19(16-29)23-11-10-22(24(31)30(23)15-18)28-25(32)27-21-4-2-1-3-5-21/h1-11,18-19H,12-16H2,(H2,27,28,32)/t18-,19-/m1/s1. The van der Waals surface area contributed by atoms with E-state index < -0.39 is 6.03 Å². The summed E-state index contributed by atoms with van der Waals surface area (Å²) in [5, 5.41) is 5.44. The number of benzene rings is 2. The summed E-state index contributed by atoms with van der Waals surface area (Å²) in [6, 6.07) is 19.0. The number of amides is 2. The molecule has 0 radical (unpaired) electrons. The van der Waals surface area contributed by atoms with Crippen LogP contribution in [0, 0.1) is 11.7 Å². The van der Waals surface area contributed by atoms with Crippen LogP contribution in [0.2, 0.25) is 0 Å². The van der Waals surface area contributed by atoms with E-state index in [4.69, 9.17) is 0 Å². The molecule has 3 aromatic rings. The first-order valence-corrected chi connectivity index (χ1v) is 10.9. The Morgan fingerprint density at radius 2 is 1.72 bits per heavy atom. The number of pyridine rings is 1. The Kier molecular flexibility index (Phi) is 5.49. The van der Waals surface area contributed by atoms with Gasteiger partial charge in [0.2, 0.25) is 0 Å². The molecule has 0 aliphatic carbocycles. The van der Waals surface area contributed by atoms with Crippen LogP contribution in [0.1, 0.15) is 23.6 Å². The Bertz CT molecular complexity index is 1180. The lowest BCUT2D eigenvalue weighted by molar-refractivity contribution is 0.114. The number of aromatic nitrogens is 1. The van der Waals surface area contributed by atoms with Crippen LogP contribution in [0.15, 0.2) is 71.5 Å². The zero-order valence-corrected chi connectivity index (χ0v) is 17.6. The van der Waals surface area contributed by atoms with Crippen molar-refractivity contribution in [3.05, 3.63) is 94.2 Å². The number of carbonyl (C=O) groups excluding carboxylic acids is 1. The predicted octanol–water partition coefficient (Wildman–Crippen LogP) is 4.25. The number of hydrogen-bond acceptors (Lipinski definition) is 3. The van der Waals surface area contributed by atoms with Crippen LogP contribution in [0.3, 0.4) is 0 Å². The Balaban J connectivity index is 1.30. The summed E-state index contributed by atoms with van der Waals surface area (Å²) in [5.74, 6) is 0.412. The molecular weight excluding hydrogens is 407 g/mol. The summed E-state index contributed by atoms with van der Waals surface area (Å²) in [5.41, 5.74) is 2.90. The van der Waals surface area contributed by atoms with Gasteiger partial charge in [-0.15, -0.1) is 0 Å². The molecule has 0 saturated carbocycles. The average Bonchev–Trinajstić information content (AvgIpc) is 2.78. The zero-order valence-electron chi connectivity index (χ0n) is 17.6. The molecule has 3 heterocycles. The Morgan fingerprint density at radius 3 is 2.50 bits per heavy atom. The summed E-state index contributed by atoms with van der Waals surface area (Å²) >= 11 is 0. The Morgan fingerprint density at radius 1 is 0.938 bits per heavy atom. The fourth-order valence-corrected chi connectivity index (χ4v) is 4.92. The van der Waals surface area contributed by atoms with Crippen molar-refractivity contribution >= 4 is 17.4 Å². The maximum Gasteiger partial charge on any atom is 0.323 e. The average molecular weight is 432 g/mol. The molecule has 2 bridgehead atoms. The number of para-hydroxylation sites is 1. The highest BCUT2D eigenvalue weighted by atomic mass is 19.1. The van der Waals surface area contributed by atoms with Crippen LogP contribution in [0.5, 0.6) is 0 Å². The van der Waals surface area contributed by atoms with Crippen LogP contribution in [-0.2, 0) is 13.1 Å². The first-order chi connectivity index (χ1) is 15.5. The lowest BCUT2D eigenvalue weighted by Crippen LogP contribution is -2.47. The summed E-state index contributed by atoms with van der Waals surface area (Å²) in [6.07, 6.45) is 1.06. The van der Waals surface area contributed by atoms with Crippen molar-refractivity contribution in [1.82, 2.24) is 9.47 Å². The quantitative estimate of drug-likeness (QED) is 0.648. The number of likely N-dealkylation sites (tertiary alicyclic amines) is 1. The normalized spacial score (nSPS) is 19.8. The van der Waals surface area contributed by atoms with E-state index in [2.05, 4.69) is 15.5 Å². The lowest BCUT2D eigenvalue weighted by atomic mass is 9.83. The van der Waals surface area contributed by atoms with Gasteiger partial charge in [0.15, 0.2) is 0 Å². The van der Waals surface area contributed by atoms with Crippen LogP contribution in [0.25, 0.3) is 0 Å². The maximum atomic E-state index is 13.2. The minimum Gasteiger partial charge on any atom is -0.310 e. The second-order valence-electron chi connectivity index (χ2n) is 8.65. The third-order valence-corrected chi connectivity index (χ3v) is 6.28. The second kappa shape index (κ2) is 8.59. The first kappa shape index (κ1) is 20.5. The topological polar surface area (TPSA) is 66.4 Å². The molecule has 2 aromatic carbocycles. The van der Waals surface area contributed by atoms with Gasteiger partial charge in [-0.2, -0.15) is 0 Å². The van der Waals surface area contributed by atoms with Crippen molar-refractivity contribution in [1.29, 1.82) is 0 Å². The van der Waals surface area contributed by atoms with Gasteiger partial charge in [-0.1, -0.05) is 30.3 Å². The molecule has 2 aliphatic rings. The lowest BCUT2D eigenvalue weighted by Gasteiger charge is -2.43. The third-order valence-electron chi connectivity index (χ3n) is 6.28. The van der Waals surface area contributed by atoms with E-state index in [-0.39, 0.29) is 23.0 Å². The molecule has 6 nitrogen and oxygen atoms in total. The number of rotatable bonds is 4. The number of anilines is 2. The fourth-order valence-electron chi connectivity index (χ4n) is 4.92. The summed E-state index contributed by atoms with van der Waals surface area (Å²) in [4.78, 5) is 27.8. The van der Waals surface area contributed by atoms with Crippen LogP contribution < -0.4 is 16.2 Å². The fraction of sp³-hybridized carbons (Fsp3) is 0.280. The van der Waals surface area contributed by atoms with E-state index in [9.17, 15) is 14.0 Å². The minimum absolute atomic E-state index is 0.160. The van der Waals surface area contributed by atoms with E-state index in [1.165, 1.54) is 12.1 Å². The summed E-state index contributed by atoms with van der Waals surface area (Å²) < 4.78 is 15.0. The molecule has 2 N–H and O–H groups in total. The number of nitrogens with one attached hydrogen (secondary N) is 2. The maximum absolute atomic E-state index is 13.2. The molecular formula is C25H25FN4O2. The van der Waals surface area contributed by atoms with Crippen molar-refractivity contribution < 1.29 is 9.18 Å². The SMILES string of the molecule is O=C(Nc1ccccc1)Nc1ccc2n(c1=O)C[C@@H]1C[C@@H]2CN(Cc2ccc(F)cc2)C1. The molecule has 0 unspecified atom stereocenters. The van der Waals surface area contributed by atoms with Gasteiger partial charge in [0.25, 0.3) is 5.56 Å². The van der Waals surface area contributed by atoms with Gasteiger partial charge in [0.1, 0.15) is 11.5 Å². The number of fused-ring (bicyclic) bond motifs is 4. The number of hydrogen-bond donors (Lipinski definition) is 2. The number of carbonyl (C=O) groups is 1. The number of urea groups is 1. The summed E-state index contributed by atoms with van der Waals surface area (Å²) in [7, 11) is 0. The molecule has 2 aliphatic heterocycles. The Hall–Kier alpha value is -3.45. The van der Waals surface area contributed by atoms with Crippen LogP contribution in [-0.4, -0.2) is 28.6 Å². The van der Waals surface area contributed by atoms with Crippen molar-refractivity contribution in [2.45, 2.75) is 25.4 Å². The predicted molar refractivity (Wildman–Crippen MR) is 122 cm³/mol. The van der Waals surface area contributed by atoms with Gasteiger partial charge in [-0.25, -0.2) is 9.18 Å². The molecule has 2 amide bonds. The largest absolute Gasteiger partial charge is 0.323 e. The van der Waals surface area contributed by atoms with Gasteiger partial charge in [-0.3, -0.25) is 9.69 Å². The van der Waals surface area contributed by atoms with E-state index in [0.717, 1.165) is 37.3 Å². The molecule has 32 heavy (non-hydrogen) atoms. The molecule has 7 heteroatoms. The Labute approximate surface area is 185 Å². The van der Waals surface area contributed by atoms with Gasteiger partial charge in [-0.05, 0) is 54.3 Å². The minimum atomic E-state index is -0.435. The molecule has 1 aromatic heterocycles. The van der Waals surface area contributed by atoms with E-state index >= 15 is 0 Å². The molecule has 2 atom stereocenters. The highest BCUT2D eigenvalue weighted by Crippen LogP contribution is 2.36. The number of piperidine rings is 1. The van der Waals surface area contributed by atoms with Gasteiger partial charge in [0.05, 0.1) is 0 Å². The molecule has 1 fully saturated rings. The van der Waals surface area contributed by atoms with Gasteiger partial charge in [0, 0.05) is 43.5 Å². The smallest absolute Gasteiger partial charge is 0.310 e. The molecule has 164 valence electrons. The van der Waals surface area contributed by atoms with Crippen molar-refractivity contribution in [3.63, 3.8) is 0 Å². The van der Waals surface area contributed by atoms with Crippen molar-refractivity contribution in [3.8, 4) is 0 Å². The highest BCUT2D eigenvalue weighted by molar-refractivity contribution is 5.99. The second-order valence-corrected chi connectivity index (χ2v) is 8.65. The van der Waals surface area contributed by atoms with Gasteiger partial charge >= 0.3 is 6.03 Å². The molecule has 1 saturated heterocycles. The van der Waals surface area contributed by atoms with E-state index in [1.54, 1.807) is 18.2 Å². The van der Waals surface area contributed by atoms with Gasteiger partial charge < -0.3 is 15.2 Å². The third kappa shape index (κ3) is 4.29. The summed E-state index contributed by atoms with van der Waals surface area (Å²) in [6.45, 7) is 3.16. The van der Waals surface area contributed by atoms with E-state index in [0.29, 0.717) is 18.2 Å². The monoisotopic (exact) mass is 432 g/mol. The number of halogens is 1. The highest BCUT2D eigenvalue weighted by Gasteiger charge is 2.35. The van der Waals surface area contributed by atoms with Crippen LogP contribution >= 0.6 is 0 Å². The first-order valence-electron chi connectivity index (χ1n) is 10.9.